The van der Waals surface area contributed by atoms with E-state index in [1.165, 1.54) is 0 Å². The van der Waals surface area contributed by atoms with Gasteiger partial charge in [-0.25, -0.2) is 9.97 Å². The van der Waals surface area contributed by atoms with Gasteiger partial charge in [0, 0.05) is 11.3 Å². The highest BCUT2D eigenvalue weighted by Crippen LogP contribution is 2.32. The molecule has 3 nitrogen and oxygen atoms in total. The van der Waals surface area contributed by atoms with Crippen LogP contribution in [0.4, 0.5) is 5.69 Å². The summed E-state index contributed by atoms with van der Waals surface area (Å²) in [6, 6.07) is 7.76. The first-order valence-corrected chi connectivity index (χ1v) is 6.08. The van der Waals surface area contributed by atoms with Gasteiger partial charge in [0.15, 0.2) is 5.65 Å². The number of hydrogen-bond acceptors (Lipinski definition) is 5. The third kappa shape index (κ3) is 1.49. The fourth-order valence-corrected chi connectivity index (χ4v) is 3.13. The highest BCUT2D eigenvalue weighted by Gasteiger charge is 2.07. The molecule has 5 heteroatoms. The molecule has 2 heterocycles. The summed E-state index contributed by atoms with van der Waals surface area (Å²) in [5.74, 6) is 0. The van der Waals surface area contributed by atoms with Gasteiger partial charge in [0.25, 0.3) is 0 Å². The van der Waals surface area contributed by atoms with E-state index < -0.39 is 0 Å². The molecule has 0 saturated carbocycles. The number of nitrogens with two attached hydrogens (primary N) is 1. The number of fused-ring (bicyclic) bond motifs is 1. The predicted octanol–water partition coefficient (Wildman–Crippen LogP) is 3.00. The van der Waals surface area contributed by atoms with E-state index in [0.29, 0.717) is 0 Å². The Labute approximate surface area is 94.2 Å². The topological polar surface area (TPSA) is 51.8 Å². The minimum absolute atomic E-state index is 0.763. The summed E-state index contributed by atoms with van der Waals surface area (Å²) in [5.41, 5.74) is 10.2. The molecule has 0 bridgehead atoms. The van der Waals surface area contributed by atoms with Gasteiger partial charge in [-0.15, -0.1) is 22.7 Å². The lowest BCUT2D eigenvalue weighted by atomic mass is 10.2. The van der Waals surface area contributed by atoms with Crippen molar-refractivity contribution in [2.45, 2.75) is 0 Å². The first-order valence-electron chi connectivity index (χ1n) is 4.39. The lowest BCUT2D eigenvalue weighted by Gasteiger charge is -1.96. The van der Waals surface area contributed by atoms with Crippen LogP contribution >= 0.6 is 22.7 Å². The zero-order chi connectivity index (χ0) is 10.3. The van der Waals surface area contributed by atoms with Crippen LogP contribution in [0.1, 0.15) is 0 Å². The second-order valence-electron chi connectivity index (χ2n) is 3.11. The van der Waals surface area contributed by atoms with Crippen LogP contribution in [0.25, 0.3) is 20.2 Å². The van der Waals surface area contributed by atoms with Gasteiger partial charge in [0.2, 0.25) is 0 Å². The van der Waals surface area contributed by atoms with Gasteiger partial charge in [-0.05, 0) is 12.1 Å². The van der Waals surface area contributed by atoms with Crippen molar-refractivity contribution in [1.29, 1.82) is 0 Å². The van der Waals surface area contributed by atoms with Crippen molar-refractivity contribution < 1.29 is 0 Å². The van der Waals surface area contributed by atoms with E-state index in [2.05, 4.69) is 9.97 Å². The second-order valence-corrected chi connectivity index (χ2v) is 5.22. The zero-order valence-electron chi connectivity index (χ0n) is 7.68. The molecule has 0 aliphatic carbocycles. The summed E-state index contributed by atoms with van der Waals surface area (Å²) in [5, 5.41) is 0.983. The average molecular weight is 233 g/mol. The van der Waals surface area contributed by atoms with Crippen molar-refractivity contribution in [2.75, 3.05) is 5.73 Å². The molecule has 2 aromatic heterocycles. The molecule has 0 unspecified atom stereocenters. The van der Waals surface area contributed by atoms with E-state index in [1.807, 2.05) is 29.8 Å². The summed E-state index contributed by atoms with van der Waals surface area (Å²) >= 11 is 3.28. The molecule has 1 aromatic carbocycles. The lowest BCUT2D eigenvalue weighted by Crippen LogP contribution is -1.84. The maximum Gasteiger partial charge on any atom is 0.182 e. The van der Waals surface area contributed by atoms with Gasteiger partial charge in [0.1, 0.15) is 9.02 Å². The van der Waals surface area contributed by atoms with E-state index in [-0.39, 0.29) is 0 Å². The molecule has 3 rings (SSSR count). The fraction of sp³-hybridized carbons (Fsp3) is 0. The monoisotopic (exact) mass is 233 g/mol. The van der Waals surface area contributed by atoms with E-state index in [1.54, 1.807) is 22.7 Å². The summed E-state index contributed by atoms with van der Waals surface area (Å²) in [4.78, 5) is 8.62. The summed E-state index contributed by atoms with van der Waals surface area (Å²) in [6.45, 7) is 0. The summed E-state index contributed by atoms with van der Waals surface area (Å²) in [6.07, 6.45) is 0. The zero-order valence-corrected chi connectivity index (χ0v) is 9.31. The van der Waals surface area contributed by atoms with Crippen LogP contribution in [0.2, 0.25) is 0 Å². The van der Waals surface area contributed by atoms with Gasteiger partial charge < -0.3 is 5.73 Å². The van der Waals surface area contributed by atoms with Crippen LogP contribution in [0.15, 0.2) is 29.8 Å². The Morgan fingerprint density at radius 2 is 2.20 bits per heavy atom. The van der Waals surface area contributed by atoms with Gasteiger partial charge in [-0.2, -0.15) is 0 Å². The number of nitrogen functional groups attached to an aromatic ring is 1. The molecule has 15 heavy (non-hydrogen) atoms. The Bertz CT molecular complexity index is 583. The molecule has 0 radical (unpaired) electrons. The van der Waals surface area contributed by atoms with Crippen LogP contribution in [-0.4, -0.2) is 9.97 Å². The molecule has 0 fully saturated rings. The Morgan fingerprint density at radius 3 is 3.00 bits per heavy atom. The van der Waals surface area contributed by atoms with Crippen molar-refractivity contribution in [3.05, 3.63) is 29.8 Å². The Hall–Kier alpha value is -1.46. The molecular formula is C10H7N3S2. The molecule has 0 amide bonds. The van der Waals surface area contributed by atoms with Crippen molar-refractivity contribution in [2.24, 2.45) is 0 Å². The maximum atomic E-state index is 5.73. The molecule has 2 N–H and O–H groups in total. The largest absolute Gasteiger partial charge is 0.399 e. The van der Waals surface area contributed by atoms with Crippen molar-refractivity contribution in [1.82, 2.24) is 9.97 Å². The fourth-order valence-electron chi connectivity index (χ4n) is 1.38. The van der Waals surface area contributed by atoms with Crippen LogP contribution in [-0.2, 0) is 0 Å². The molecule has 0 atom stereocenters. The molecule has 0 saturated heterocycles. The van der Waals surface area contributed by atoms with Gasteiger partial charge in [0.05, 0.1) is 5.51 Å². The average Bonchev–Trinajstić information content (AvgIpc) is 2.76. The number of thiazole rings is 2. The lowest BCUT2D eigenvalue weighted by molar-refractivity contribution is 1.37. The number of benzene rings is 1. The Balaban J connectivity index is 2.17. The third-order valence-electron chi connectivity index (χ3n) is 2.05. The number of anilines is 1. The maximum absolute atomic E-state index is 5.73. The number of rotatable bonds is 1. The number of hydrogen-bond donors (Lipinski definition) is 1. The Morgan fingerprint density at radius 1 is 1.27 bits per heavy atom. The smallest absolute Gasteiger partial charge is 0.182 e. The van der Waals surface area contributed by atoms with E-state index in [0.717, 1.165) is 25.9 Å². The molecular weight excluding hydrogens is 226 g/mol. The molecule has 0 spiro atoms. The molecule has 0 aliphatic rings. The van der Waals surface area contributed by atoms with Crippen LogP contribution in [0.5, 0.6) is 0 Å². The minimum atomic E-state index is 0.763. The quantitative estimate of drug-likeness (QED) is 0.657. The standard InChI is InChI=1S/C10H7N3S2/c11-7-3-1-2-6(4-7)9-13-8-10(15-9)14-5-12-8/h1-5H,11H2. The first kappa shape index (κ1) is 8.82. The van der Waals surface area contributed by atoms with Crippen LogP contribution in [0.3, 0.4) is 0 Å². The van der Waals surface area contributed by atoms with E-state index >= 15 is 0 Å². The van der Waals surface area contributed by atoms with Crippen molar-refractivity contribution >= 4 is 38.0 Å². The first-order chi connectivity index (χ1) is 7.33. The molecule has 0 aliphatic heterocycles. The minimum Gasteiger partial charge on any atom is -0.399 e. The summed E-state index contributed by atoms with van der Waals surface area (Å²) in [7, 11) is 0. The number of nitrogens with zero attached hydrogens (tertiary/aromatic N) is 2. The summed E-state index contributed by atoms with van der Waals surface area (Å²) < 4.78 is 1.16. The SMILES string of the molecule is Nc1cccc(-c2nc3ncsc3s2)c1. The van der Waals surface area contributed by atoms with Gasteiger partial charge in [-0.3, -0.25) is 0 Å². The molecule has 74 valence electrons. The Kier molecular flexibility index (Phi) is 1.93. The predicted molar refractivity (Wildman–Crippen MR) is 65.1 cm³/mol. The van der Waals surface area contributed by atoms with E-state index in [9.17, 15) is 0 Å². The van der Waals surface area contributed by atoms with Crippen LogP contribution in [0, 0.1) is 0 Å². The highest BCUT2D eigenvalue weighted by atomic mass is 32.2. The van der Waals surface area contributed by atoms with Gasteiger partial charge in [-0.1, -0.05) is 12.1 Å². The van der Waals surface area contributed by atoms with E-state index in [4.69, 9.17) is 5.73 Å². The second kappa shape index (κ2) is 3.29. The highest BCUT2D eigenvalue weighted by molar-refractivity contribution is 7.38. The van der Waals surface area contributed by atoms with Crippen molar-refractivity contribution in [3.8, 4) is 10.6 Å². The number of aromatic nitrogens is 2. The third-order valence-corrected chi connectivity index (χ3v) is 4.08. The van der Waals surface area contributed by atoms with Crippen molar-refractivity contribution in [3.63, 3.8) is 0 Å². The normalized spacial score (nSPS) is 10.9. The molecule has 3 aromatic rings. The van der Waals surface area contributed by atoms with Crippen LogP contribution < -0.4 is 5.73 Å². The van der Waals surface area contributed by atoms with Gasteiger partial charge >= 0.3 is 0 Å².